The number of nitriles is 1. The van der Waals surface area contributed by atoms with Crippen LogP contribution in [-0.4, -0.2) is 63.5 Å². The average Bonchev–Trinajstić information content (AvgIpc) is 3.49. The molecule has 4 N–H and O–H groups in total. The molecule has 0 saturated carbocycles. The molecule has 13 nitrogen and oxygen atoms in total. The maximum absolute atomic E-state index is 13.0. The van der Waals surface area contributed by atoms with Gasteiger partial charge in [0.15, 0.2) is 18.0 Å². The lowest BCUT2D eigenvalue weighted by molar-refractivity contribution is -0.170. The van der Waals surface area contributed by atoms with Crippen molar-refractivity contribution in [3.63, 3.8) is 0 Å². The van der Waals surface area contributed by atoms with Crippen molar-refractivity contribution in [1.82, 2.24) is 14.6 Å². The van der Waals surface area contributed by atoms with Gasteiger partial charge in [0.25, 0.3) is 0 Å². The number of ether oxygens (including phenoxy) is 4. The largest absolute Gasteiger partial charge is 0.462 e. The van der Waals surface area contributed by atoms with Crippen LogP contribution in [0.15, 0.2) is 18.5 Å². The number of carbonyl (C=O) groups excluding carboxylic acids is 3. The van der Waals surface area contributed by atoms with Crippen LogP contribution >= 0.6 is 0 Å². The van der Waals surface area contributed by atoms with Crippen molar-refractivity contribution in [2.45, 2.75) is 95.2 Å². The molecular weight excluding hydrogens is 520 g/mol. The number of hydrogen-bond donors (Lipinski definition) is 2. The first-order valence-corrected chi connectivity index (χ1v) is 13.7. The normalized spacial score (nSPS) is 27.2. The summed E-state index contributed by atoms with van der Waals surface area (Å²) in [6.07, 6.45) is 2.46. The zero-order chi connectivity index (χ0) is 28.9. The monoisotopic (exact) mass is 556 g/mol. The number of carbonyl (C=O) groups is 3. The molecule has 13 heteroatoms. The molecule has 2 aromatic rings. The topological polar surface area (TPSA) is 194 Å². The third kappa shape index (κ3) is 6.03. The van der Waals surface area contributed by atoms with Crippen LogP contribution in [0.4, 0.5) is 5.82 Å². The summed E-state index contributed by atoms with van der Waals surface area (Å²) < 4.78 is 24.8. The average molecular weight is 557 g/mol. The Morgan fingerprint density at radius 2 is 1.80 bits per heavy atom. The third-order valence-electron chi connectivity index (χ3n) is 7.35. The number of esters is 3. The molecule has 2 saturated heterocycles. The summed E-state index contributed by atoms with van der Waals surface area (Å²) >= 11 is 0. The standard InChI is InChI=1S/C27H36N6O7/c1-16(2)22(29)26(36)37-13-18-23-24(39-21(35)10-8-6-4-3-5-7-9-20(34)38-23)27(14-28,40-18)19-12-11-17-25(30)31-15-32-33(17)19/h11-12,15-16,18,22-24H,3-10,13,29H2,1-2H3,(H2,30,31,32)/t18-,22+,23-,24-,27+/m1/s1. The number of nitrogens with zero attached hydrogens (tertiary/aromatic N) is 4. The van der Waals surface area contributed by atoms with E-state index in [0.29, 0.717) is 18.4 Å². The molecule has 0 radical (unpaired) electrons. The van der Waals surface area contributed by atoms with Crippen molar-refractivity contribution in [2.75, 3.05) is 12.3 Å². The second-order valence-electron chi connectivity index (χ2n) is 10.6. The Kier molecular flexibility index (Phi) is 9.21. The minimum Gasteiger partial charge on any atom is -0.462 e. The predicted octanol–water partition coefficient (Wildman–Crippen LogP) is 1.91. The fraction of sp³-hybridized carbons (Fsp3) is 0.630. The molecule has 4 rings (SSSR count). The Labute approximate surface area is 232 Å². The fourth-order valence-electron chi connectivity index (χ4n) is 4.99. The van der Waals surface area contributed by atoms with E-state index >= 15 is 0 Å². The number of anilines is 1. The minimum atomic E-state index is -1.98. The molecule has 0 unspecified atom stereocenters. The van der Waals surface area contributed by atoms with Crippen LogP contribution in [0.25, 0.3) is 5.52 Å². The van der Waals surface area contributed by atoms with Crippen LogP contribution in [-0.2, 0) is 38.9 Å². The zero-order valence-electron chi connectivity index (χ0n) is 22.8. The Morgan fingerprint density at radius 1 is 1.15 bits per heavy atom. The van der Waals surface area contributed by atoms with E-state index in [1.807, 2.05) is 0 Å². The van der Waals surface area contributed by atoms with E-state index < -0.39 is 54.5 Å². The molecule has 2 aliphatic heterocycles. The lowest BCUT2D eigenvalue weighted by Crippen LogP contribution is -2.46. The number of aromatic nitrogens is 3. The quantitative estimate of drug-likeness (QED) is 0.402. The van der Waals surface area contributed by atoms with Crippen LogP contribution in [0.1, 0.15) is 70.9 Å². The van der Waals surface area contributed by atoms with Gasteiger partial charge in [-0.05, 0) is 30.9 Å². The van der Waals surface area contributed by atoms with Crippen molar-refractivity contribution in [2.24, 2.45) is 11.7 Å². The first-order chi connectivity index (χ1) is 19.2. The van der Waals surface area contributed by atoms with Gasteiger partial charge in [-0.1, -0.05) is 39.5 Å². The van der Waals surface area contributed by atoms with E-state index in [4.69, 9.17) is 30.4 Å². The van der Waals surface area contributed by atoms with Crippen molar-refractivity contribution in [3.05, 3.63) is 24.2 Å². The van der Waals surface area contributed by atoms with Gasteiger partial charge in [0, 0.05) is 12.8 Å². The van der Waals surface area contributed by atoms with Gasteiger partial charge >= 0.3 is 17.9 Å². The molecule has 0 spiro atoms. The summed E-state index contributed by atoms with van der Waals surface area (Å²) in [4.78, 5) is 42.5. The van der Waals surface area contributed by atoms with Crippen LogP contribution in [0.2, 0.25) is 0 Å². The maximum Gasteiger partial charge on any atom is 0.323 e. The molecule has 2 aliphatic rings. The van der Waals surface area contributed by atoms with Crippen LogP contribution in [0.3, 0.4) is 0 Å². The molecule has 5 atom stereocenters. The lowest BCUT2D eigenvalue weighted by atomic mass is 9.92. The molecule has 216 valence electrons. The second-order valence-corrected chi connectivity index (χ2v) is 10.6. The maximum atomic E-state index is 13.0. The first-order valence-electron chi connectivity index (χ1n) is 13.7. The highest BCUT2D eigenvalue weighted by Crippen LogP contribution is 2.44. The molecule has 0 aliphatic carbocycles. The van der Waals surface area contributed by atoms with E-state index in [1.165, 1.54) is 10.8 Å². The molecule has 2 fully saturated rings. The van der Waals surface area contributed by atoms with E-state index in [1.54, 1.807) is 26.0 Å². The summed E-state index contributed by atoms with van der Waals surface area (Å²) in [5.74, 6) is -1.81. The second kappa shape index (κ2) is 12.6. The SMILES string of the molecule is CC(C)[C@H](N)C(=O)OC[C@H]1O[C@@](C#N)(c2ccc3c(N)ncnn23)[C@@H]2OC(=O)CCCCCCCCC(=O)O[C@@H]21. The minimum absolute atomic E-state index is 0.117. The molecule has 4 heterocycles. The number of nitrogen functional groups attached to an aromatic ring is 1. The number of hydrogen-bond acceptors (Lipinski definition) is 12. The van der Waals surface area contributed by atoms with Gasteiger partial charge in [0.05, 0.1) is 5.69 Å². The molecule has 40 heavy (non-hydrogen) atoms. The highest BCUT2D eigenvalue weighted by Gasteiger charge is 2.62. The van der Waals surface area contributed by atoms with Gasteiger partial charge in [0.1, 0.15) is 36.7 Å². The molecule has 2 aromatic heterocycles. The smallest absolute Gasteiger partial charge is 0.323 e. The van der Waals surface area contributed by atoms with Gasteiger partial charge in [-0.25, -0.2) is 9.50 Å². The number of nitrogens with two attached hydrogens (primary N) is 2. The van der Waals surface area contributed by atoms with Crippen LogP contribution in [0.5, 0.6) is 0 Å². The Balaban J connectivity index is 1.76. The summed E-state index contributed by atoms with van der Waals surface area (Å²) in [6.45, 7) is 3.16. The third-order valence-corrected chi connectivity index (χ3v) is 7.35. The van der Waals surface area contributed by atoms with E-state index in [2.05, 4.69) is 16.2 Å². The van der Waals surface area contributed by atoms with Crippen molar-refractivity contribution in [1.29, 1.82) is 5.26 Å². The summed E-state index contributed by atoms with van der Waals surface area (Å²) in [5.41, 5.74) is 10.6. The van der Waals surface area contributed by atoms with Crippen LogP contribution < -0.4 is 11.5 Å². The van der Waals surface area contributed by atoms with Gasteiger partial charge in [-0.15, -0.1) is 0 Å². The first kappa shape index (κ1) is 29.2. The highest BCUT2D eigenvalue weighted by atomic mass is 16.7. The Hall–Kier alpha value is -3.76. The van der Waals surface area contributed by atoms with Gasteiger partial charge in [0.2, 0.25) is 5.60 Å². The van der Waals surface area contributed by atoms with Gasteiger partial charge < -0.3 is 30.4 Å². The van der Waals surface area contributed by atoms with E-state index in [9.17, 15) is 19.6 Å². The van der Waals surface area contributed by atoms with Crippen molar-refractivity contribution in [3.8, 4) is 6.07 Å². The zero-order valence-corrected chi connectivity index (χ0v) is 22.8. The highest BCUT2D eigenvalue weighted by molar-refractivity contribution is 5.76. The molecule has 0 aromatic carbocycles. The fourth-order valence-corrected chi connectivity index (χ4v) is 4.99. The Morgan fingerprint density at radius 3 is 2.45 bits per heavy atom. The van der Waals surface area contributed by atoms with Gasteiger partial charge in [-0.3, -0.25) is 14.4 Å². The Bertz CT molecular complexity index is 1270. The van der Waals surface area contributed by atoms with Gasteiger partial charge in [-0.2, -0.15) is 10.4 Å². The number of fused-ring (bicyclic) bond motifs is 2. The molecular formula is C27H36N6O7. The van der Waals surface area contributed by atoms with Crippen LogP contribution in [0, 0.1) is 17.2 Å². The lowest BCUT2D eigenvalue weighted by Gasteiger charge is -2.28. The number of rotatable bonds is 5. The predicted molar refractivity (Wildman–Crippen MR) is 140 cm³/mol. The van der Waals surface area contributed by atoms with Crippen molar-refractivity contribution < 1.29 is 33.3 Å². The summed E-state index contributed by atoms with van der Waals surface area (Å²) in [5, 5.41) is 14.8. The van der Waals surface area contributed by atoms with Crippen molar-refractivity contribution >= 4 is 29.2 Å². The summed E-state index contributed by atoms with van der Waals surface area (Å²) in [7, 11) is 0. The summed E-state index contributed by atoms with van der Waals surface area (Å²) in [6, 6.07) is 4.41. The van der Waals surface area contributed by atoms with E-state index in [0.717, 1.165) is 25.7 Å². The van der Waals surface area contributed by atoms with E-state index in [-0.39, 0.29) is 30.3 Å². The molecule has 0 amide bonds. The molecule has 0 bridgehead atoms.